The van der Waals surface area contributed by atoms with Crippen molar-refractivity contribution in [1.29, 1.82) is 0 Å². The van der Waals surface area contributed by atoms with E-state index in [4.69, 9.17) is 0 Å². The summed E-state index contributed by atoms with van der Waals surface area (Å²) in [5.41, 5.74) is 2.40. The van der Waals surface area contributed by atoms with E-state index in [2.05, 4.69) is 15.3 Å². The number of hydrogen-bond acceptors (Lipinski definition) is 4. The first-order chi connectivity index (χ1) is 10.1. The minimum absolute atomic E-state index is 0.0612. The van der Waals surface area contributed by atoms with E-state index < -0.39 is 0 Å². The van der Waals surface area contributed by atoms with Gasteiger partial charge < -0.3 is 10.2 Å². The topological polar surface area (TPSA) is 58.1 Å². The molecule has 5 heteroatoms. The fourth-order valence-corrected chi connectivity index (χ4v) is 2.03. The van der Waals surface area contributed by atoms with E-state index in [1.807, 2.05) is 38.1 Å². The molecule has 2 aromatic rings. The summed E-state index contributed by atoms with van der Waals surface area (Å²) in [6, 6.07) is 9.41. The lowest BCUT2D eigenvalue weighted by atomic mass is 10.2. The van der Waals surface area contributed by atoms with Crippen LogP contribution in [-0.4, -0.2) is 34.4 Å². The second kappa shape index (κ2) is 6.83. The summed E-state index contributed by atoms with van der Waals surface area (Å²) in [7, 11) is 1.77. The van der Waals surface area contributed by atoms with Crippen LogP contribution in [0.3, 0.4) is 0 Å². The fraction of sp³-hybridized carbons (Fsp3) is 0.312. The Kier molecular flexibility index (Phi) is 4.87. The standard InChI is InChI=1S/C16H20N4O/c1-4-17-15-9-8-13(10-18-15)16(21)20(3)11-14-7-5-6-12(2)19-14/h5-10H,4,11H2,1-3H3,(H,17,18). The Hall–Kier alpha value is -2.43. The van der Waals surface area contributed by atoms with Crippen molar-refractivity contribution in [3.05, 3.63) is 53.5 Å². The number of amides is 1. The van der Waals surface area contributed by atoms with Crippen molar-refractivity contribution in [3.8, 4) is 0 Å². The molecule has 0 aliphatic carbocycles. The van der Waals surface area contributed by atoms with Crippen LogP contribution in [0.1, 0.15) is 28.7 Å². The van der Waals surface area contributed by atoms with Crippen LogP contribution < -0.4 is 5.32 Å². The first-order valence-corrected chi connectivity index (χ1v) is 6.98. The molecule has 0 atom stereocenters. The van der Waals surface area contributed by atoms with Gasteiger partial charge in [-0.05, 0) is 38.1 Å². The van der Waals surface area contributed by atoms with Gasteiger partial charge in [0.05, 0.1) is 17.8 Å². The lowest BCUT2D eigenvalue weighted by molar-refractivity contribution is 0.0783. The molecule has 1 N–H and O–H groups in total. The largest absolute Gasteiger partial charge is 0.370 e. The van der Waals surface area contributed by atoms with Crippen molar-refractivity contribution >= 4 is 11.7 Å². The molecule has 0 aliphatic rings. The number of nitrogens with zero attached hydrogens (tertiary/aromatic N) is 3. The number of nitrogens with one attached hydrogen (secondary N) is 1. The predicted molar refractivity (Wildman–Crippen MR) is 83.2 cm³/mol. The summed E-state index contributed by atoms with van der Waals surface area (Å²) in [5, 5.41) is 3.10. The number of carbonyl (C=O) groups is 1. The van der Waals surface area contributed by atoms with E-state index in [-0.39, 0.29) is 5.91 Å². The zero-order chi connectivity index (χ0) is 15.2. The Morgan fingerprint density at radius 1 is 1.29 bits per heavy atom. The molecular weight excluding hydrogens is 264 g/mol. The number of pyridine rings is 2. The first-order valence-electron chi connectivity index (χ1n) is 6.98. The molecule has 0 saturated carbocycles. The molecule has 0 saturated heterocycles. The minimum Gasteiger partial charge on any atom is -0.370 e. The van der Waals surface area contributed by atoms with Gasteiger partial charge in [0.15, 0.2) is 0 Å². The van der Waals surface area contributed by atoms with Gasteiger partial charge >= 0.3 is 0 Å². The summed E-state index contributed by atoms with van der Waals surface area (Å²) in [5.74, 6) is 0.714. The van der Waals surface area contributed by atoms with Gasteiger partial charge in [-0.1, -0.05) is 6.07 Å². The van der Waals surface area contributed by atoms with E-state index in [1.54, 1.807) is 24.2 Å². The molecule has 0 bridgehead atoms. The van der Waals surface area contributed by atoms with Crippen molar-refractivity contribution in [1.82, 2.24) is 14.9 Å². The lowest BCUT2D eigenvalue weighted by Gasteiger charge is -2.17. The van der Waals surface area contributed by atoms with E-state index in [0.29, 0.717) is 12.1 Å². The normalized spacial score (nSPS) is 10.2. The number of carbonyl (C=O) groups excluding carboxylic acids is 1. The van der Waals surface area contributed by atoms with Crippen molar-refractivity contribution < 1.29 is 4.79 Å². The number of rotatable bonds is 5. The third-order valence-corrected chi connectivity index (χ3v) is 3.06. The maximum atomic E-state index is 12.3. The molecule has 0 unspecified atom stereocenters. The number of anilines is 1. The molecule has 0 aromatic carbocycles. The minimum atomic E-state index is -0.0612. The van der Waals surface area contributed by atoms with Crippen LogP contribution in [0.5, 0.6) is 0 Å². The second-order valence-corrected chi connectivity index (χ2v) is 4.89. The SMILES string of the molecule is CCNc1ccc(C(=O)N(C)Cc2cccc(C)n2)cn1. The Bertz CT molecular complexity index is 610. The highest BCUT2D eigenvalue weighted by Crippen LogP contribution is 2.09. The van der Waals surface area contributed by atoms with E-state index in [0.717, 1.165) is 23.8 Å². The van der Waals surface area contributed by atoms with E-state index in [9.17, 15) is 4.79 Å². The maximum Gasteiger partial charge on any atom is 0.255 e. The Morgan fingerprint density at radius 3 is 2.71 bits per heavy atom. The summed E-state index contributed by atoms with van der Waals surface area (Å²) in [6.07, 6.45) is 1.60. The summed E-state index contributed by atoms with van der Waals surface area (Å²) >= 11 is 0. The number of hydrogen-bond donors (Lipinski definition) is 1. The summed E-state index contributed by atoms with van der Waals surface area (Å²) in [6.45, 7) is 5.23. The Labute approximate surface area is 125 Å². The lowest BCUT2D eigenvalue weighted by Crippen LogP contribution is -2.26. The van der Waals surface area contributed by atoms with Crippen LogP contribution in [0.15, 0.2) is 36.5 Å². The summed E-state index contributed by atoms with van der Waals surface area (Å²) in [4.78, 5) is 22.6. The van der Waals surface area contributed by atoms with Crippen molar-refractivity contribution in [2.75, 3.05) is 18.9 Å². The molecule has 0 radical (unpaired) electrons. The second-order valence-electron chi connectivity index (χ2n) is 4.89. The molecule has 0 spiro atoms. The molecule has 2 rings (SSSR count). The van der Waals surface area contributed by atoms with Crippen molar-refractivity contribution in [2.45, 2.75) is 20.4 Å². The van der Waals surface area contributed by atoms with Crippen LogP contribution in [0.25, 0.3) is 0 Å². The smallest absolute Gasteiger partial charge is 0.255 e. The van der Waals surface area contributed by atoms with Gasteiger partial charge in [0, 0.05) is 25.5 Å². The Balaban J connectivity index is 2.04. The predicted octanol–water partition coefficient (Wildman–Crippen LogP) is 2.49. The first kappa shape index (κ1) is 15.0. The molecule has 21 heavy (non-hydrogen) atoms. The van der Waals surface area contributed by atoms with Crippen molar-refractivity contribution in [3.63, 3.8) is 0 Å². The quantitative estimate of drug-likeness (QED) is 0.916. The number of aromatic nitrogens is 2. The van der Waals surface area contributed by atoms with Crippen LogP contribution >= 0.6 is 0 Å². The van der Waals surface area contributed by atoms with Crippen LogP contribution in [0.4, 0.5) is 5.82 Å². The molecule has 0 fully saturated rings. The monoisotopic (exact) mass is 284 g/mol. The van der Waals surface area contributed by atoms with Gasteiger partial charge in [-0.3, -0.25) is 9.78 Å². The maximum absolute atomic E-state index is 12.3. The number of aryl methyl sites for hydroxylation is 1. The Morgan fingerprint density at radius 2 is 2.10 bits per heavy atom. The van der Waals surface area contributed by atoms with Gasteiger partial charge in [-0.15, -0.1) is 0 Å². The van der Waals surface area contributed by atoms with Gasteiger partial charge in [0.2, 0.25) is 0 Å². The molecule has 0 aliphatic heterocycles. The van der Waals surface area contributed by atoms with Crippen LogP contribution in [-0.2, 0) is 6.54 Å². The fourth-order valence-electron chi connectivity index (χ4n) is 2.03. The average Bonchev–Trinajstić information content (AvgIpc) is 2.47. The molecule has 110 valence electrons. The summed E-state index contributed by atoms with van der Waals surface area (Å²) < 4.78 is 0. The zero-order valence-electron chi connectivity index (χ0n) is 12.6. The third kappa shape index (κ3) is 4.02. The molecule has 5 nitrogen and oxygen atoms in total. The van der Waals surface area contributed by atoms with E-state index in [1.165, 1.54) is 0 Å². The van der Waals surface area contributed by atoms with Crippen LogP contribution in [0.2, 0.25) is 0 Å². The van der Waals surface area contributed by atoms with Gasteiger partial charge in [0.1, 0.15) is 5.82 Å². The van der Waals surface area contributed by atoms with Gasteiger partial charge in [-0.25, -0.2) is 4.98 Å². The highest BCUT2D eigenvalue weighted by Gasteiger charge is 2.13. The zero-order valence-corrected chi connectivity index (χ0v) is 12.6. The third-order valence-electron chi connectivity index (χ3n) is 3.06. The molecule has 2 heterocycles. The molecule has 1 amide bonds. The molecule has 2 aromatic heterocycles. The van der Waals surface area contributed by atoms with E-state index >= 15 is 0 Å². The highest BCUT2D eigenvalue weighted by atomic mass is 16.2. The average molecular weight is 284 g/mol. The molecular formula is C16H20N4O. The van der Waals surface area contributed by atoms with Gasteiger partial charge in [-0.2, -0.15) is 0 Å². The highest BCUT2D eigenvalue weighted by molar-refractivity contribution is 5.93. The van der Waals surface area contributed by atoms with Crippen LogP contribution in [0, 0.1) is 6.92 Å². The van der Waals surface area contributed by atoms with Gasteiger partial charge in [0.25, 0.3) is 5.91 Å². The van der Waals surface area contributed by atoms with Crippen molar-refractivity contribution in [2.24, 2.45) is 0 Å².